The molecule has 3 rings (SSSR count). The SMILES string of the molecule is CN(CCc1c[nH]c2ccccc12)C(=O)C1CCCCC1. The van der Waals surface area contributed by atoms with Gasteiger partial charge in [0.25, 0.3) is 0 Å². The Labute approximate surface area is 126 Å². The van der Waals surface area contributed by atoms with Crippen molar-refractivity contribution in [3.8, 4) is 0 Å². The molecule has 0 saturated heterocycles. The molecule has 1 aromatic carbocycles. The Morgan fingerprint density at radius 1 is 1.24 bits per heavy atom. The fraction of sp³-hybridized carbons (Fsp3) is 0.500. The molecule has 0 bridgehead atoms. The van der Waals surface area contributed by atoms with Gasteiger partial charge in [-0.1, -0.05) is 37.5 Å². The second kappa shape index (κ2) is 6.33. The van der Waals surface area contributed by atoms with Gasteiger partial charge >= 0.3 is 0 Å². The van der Waals surface area contributed by atoms with Gasteiger partial charge in [0.2, 0.25) is 5.91 Å². The maximum absolute atomic E-state index is 12.4. The van der Waals surface area contributed by atoms with Crippen LogP contribution in [0.15, 0.2) is 30.5 Å². The Morgan fingerprint density at radius 2 is 2.00 bits per heavy atom. The Morgan fingerprint density at radius 3 is 2.81 bits per heavy atom. The highest BCUT2D eigenvalue weighted by Crippen LogP contribution is 2.25. The van der Waals surface area contributed by atoms with Gasteiger partial charge in [0, 0.05) is 36.6 Å². The molecule has 1 saturated carbocycles. The van der Waals surface area contributed by atoms with E-state index in [4.69, 9.17) is 0 Å². The number of carbonyl (C=O) groups is 1. The summed E-state index contributed by atoms with van der Waals surface area (Å²) in [6.07, 6.45) is 8.87. The molecule has 2 aromatic rings. The smallest absolute Gasteiger partial charge is 0.225 e. The number of para-hydroxylation sites is 1. The summed E-state index contributed by atoms with van der Waals surface area (Å²) in [6, 6.07) is 8.34. The summed E-state index contributed by atoms with van der Waals surface area (Å²) in [5.74, 6) is 0.612. The number of fused-ring (bicyclic) bond motifs is 1. The predicted octanol–water partition coefficient (Wildman–Crippen LogP) is 3.75. The van der Waals surface area contributed by atoms with Crippen LogP contribution >= 0.6 is 0 Å². The van der Waals surface area contributed by atoms with Crippen LogP contribution in [0.2, 0.25) is 0 Å². The monoisotopic (exact) mass is 284 g/mol. The normalized spacial score (nSPS) is 16.2. The molecule has 1 amide bonds. The number of amides is 1. The predicted molar refractivity (Wildman–Crippen MR) is 86.2 cm³/mol. The van der Waals surface area contributed by atoms with Crippen LogP contribution in [0.1, 0.15) is 37.7 Å². The number of likely N-dealkylation sites (N-methyl/N-ethyl adjacent to an activating group) is 1. The van der Waals surface area contributed by atoms with Gasteiger partial charge in [0.05, 0.1) is 0 Å². The highest BCUT2D eigenvalue weighted by Gasteiger charge is 2.23. The number of H-pyrrole nitrogens is 1. The number of carbonyl (C=O) groups excluding carboxylic acids is 1. The molecule has 1 aliphatic carbocycles. The fourth-order valence-corrected chi connectivity index (χ4v) is 3.40. The maximum atomic E-state index is 12.4. The van der Waals surface area contributed by atoms with Crippen molar-refractivity contribution in [2.24, 2.45) is 5.92 Å². The Kier molecular flexibility index (Phi) is 4.28. The number of rotatable bonds is 4. The highest BCUT2D eigenvalue weighted by molar-refractivity contribution is 5.83. The number of nitrogens with zero attached hydrogens (tertiary/aromatic N) is 1. The third kappa shape index (κ3) is 3.12. The summed E-state index contributed by atoms with van der Waals surface area (Å²) in [7, 11) is 1.95. The quantitative estimate of drug-likeness (QED) is 0.912. The van der Waals surface area contributed by atoms with Crippen molar-refractivity contribution in [2.45, 2.75) is 38.5 Å². The largest absolute Gasteiger partial charge is 0.361 e. The minimum Gasteiger partial charge on any atom is -0.361 e. The second-order valence-electron chi connectivity index (χ2n) is 6.20. The van der Waals surface area contributed by atoms with Crippen LogP contribution in [0, 0.1) is 5.92 Å². The average Bonchev–Trinajstić information content (AvgIpc) is 2.96. The molecule has 3 nitrogen and oxygen atoms in total. The number of nitrogens with one attached hydrogen (secondary N) is 1. The third-order valence-electron chi connectivity index (χ3n) is 4.72. The van der Waals surface area contributed by atoms with Crippen molar-refractivity contribution in [1.82, 2.24) is 9.88 Å². The van der Waals surface area contributed by atoms with Crippen LogP contribution in [-0.4, -0.2) is 29.4 Å². The van der Waals surface area contributed by atoms with Gasteiger partial charge in [-0.2, -0.15) is 0 Å². The topological polar surface area (TPSA) is 36.1 Å². The number of hydrogen-bond acceptors (Lipinski definition) is 1. The van der Waals surface area contributed by atoms with Crippen LogP contribution in [-0.2, 0) is 11.2 Å². The molecule has 21 heavy (non-hydrogen) atoms. The fourth-order valence-electron chi connectivity index (χ4n) is 3.40. The van der Waals surface area contributed by atoms with Gasteiger partial charge in [-0.3, -0.25) is 4.79 Å². The third-order valence-corrected chi connectivity index (χ3v) is 4.72. The van der Waals surface area contributed by atoms with E-state index >= 15 is 0 Å². The van der Waals surface area contributed by atoms with Crippen LogP contribution in [0.3, 0.4) is 0 Å². The molecule has 3 heteroatoms. The standard InChI is InChI=1S/C18H24N2O/c1-20(18(21)14-7-3-2-4-8-14)12-11-15-13-19-17-10-6-5-9-16(15)17/h5-6,9-10,13-14,19H,2-4,7-8,11-12H2,1H3. The van der Waals surface area contributed by atoms with Crippen LogP contribution in [0.25, 0.3) is 10.9 Å². The van der Waals surface area contributed by atoms with E-state index in [1.165, 1.54) is 35.7 Å². The number of hydrogen-bond donors (Lipinski definition) is 1. The lowest BCUT2D eigenvalue weighted by atomic mass is 9.88. The molecule has 0 aliphatic heterocycles. The number of aromatic nitrogens is 1. The second-order valence-corrected chi connectivity index (χ2v) is 6.20. The van der Waals surface area contributed by atoms with Gasteiger partial charge in [-0.05, 0) is 30.9 Å². The first kappa shape index (κ1) is 14.2. The lowest BCUT2D eigenvalue weighted by Gasteiger charge is -2.26. The van der Waals surface area contributed by atoms with Crippen molar-refractivity contribution in [2.75, 3.05) is 13.6 Å². The molecule has 0 atom stereocenters. The average molecular weight is 284 g/mol. The first-order chi connectivity index (χ1) is 10.3. The minimum atomic E-state index is 0.270. The molecule has 1 aromatic heterocycles. The lowest BCUT2D eigenvalue weighted by Crippen LogP contribution is -2.35. The van der Waals surface area contributed by atoms with Gasteiger partial charge in [-0.25, -0.2) is 0 Å². The molecule has 112 valence electrons. The first-order valence-corrected chi connectivity index (χ1v) is 8.05. The van der Waals surface area contributed by atoms with Crippen LogP contribution in [0.4, 0.5) is 0 Å². The van der Waals surface area contributed by atoms with Gasteiger partial charge in [0.1, 0.15) is 0 Å². The van der Waals surface area contributed by atoms with Gasteiger partial charge < -0.3 is 9.88 Å². The Balaban J connectivity index is 1.60. The molecule has 1 aliphatic rings. The zero-order valence-electron chi connectivity index (χ0n) is 12.8. The molecule has 0 unspecified atom stereocenters. The van der Waals surface area contributed by atoms with Crippen LogP contribution < -0.4 is 0 Å². The molecule has 0 spiro atoms. The van der Waals surface area contributed by atoms with E-state index in [0.717, 1.165) is 25.8 Å². The number of aromatic amines is 1. The van der Waals surface area contributed by atoms with Crippen molar-refractivity contribution in [3.05, 3.63) is 36.0 Å². The van der Waals surface area contributed by atoms with Crippen molar-refractivity contribution < 1.29 is 4.79 Å². The molecular weight excluding hydrogens is 260 g/mol. The zero-order chi connectivity index (χ0) is 14.7. The Hall–Kier alpha value is -1.77. The van der Waals surface area contributed by atoms with Crippen molar-refractivity contribution in [1.29, 1.82) is 0 Å². The van der Waals surface area contributed by atoms with E-state index in [1.54, 1.807) is 0 Å². The van der Waals surface area contributed by atoms with Gasteiger partial charge in [-0.15, -0.1) is 0 Å². The highest BCUT2D eigenvalue weighted by atomic mass is 16.2. The maximum Gasteiger partial charge on any atom is 0.225 e. The number of benzene rings is 1. The molecular formula is C18H24N2O. The molecule has 1 fully saturated rings. The molecule has 1 N–H and O–H groups in total. The van der Waals surface area contributed by atoms with E-state index in [2.05, 4.69) is 29.4 Å². The lowest BCUT2D eigenvalue weighted by molar-refractivity contribution is -0.135. The summed E-state index contributed by atoms with van der Waals surface area (Å²) in [6.45, 7) is 0.803. The van der Waals surface area contributed by atoms with E-state index in [-0.39, 0.29) is 5.92 Å². The summed E-state index contributed by atoms with van der Waals surface area (Å²) < 4.78 is 0. The van der Waals surface area contributed by atoms with Crippen molar-refractivity contribution >= 4 is 16.8 Å². The van der Waals surface area contributed by atoms with E-state index in [0.29, 0.717) is 5.91 Å². The van der Waals surface area contributed by atoms with E-state index in [9.17, 15) is 4.79 Å². The first-order valence-electron chi connectivity index (χ1n) is 8.05. The zero-order valence-corrected chi connectivity index (χ0v) is 12.8. The van der Waals surface area contributed by atoms with Crippen LogP contribution in [0.5, 0.6) is 0 Å². The summed E-state index contributed by atoms with van der Waals surface area (Å²) in [5.41, 5.74) is 2.47. The summed E-state index contributed by atoms with van der Waals surface area (Å²) in [4.78, 5) is 17.7. The minimum absolute atomic E-state index is 0.270. The molecule has 1 heterocycles. The summed E-state index contributed by atoms with van der Waals surface area (Å²) in [5, 5.41) is 1.27. The summed E-state index contributed by atoms with van der Waals surface area (Å²) >= 11 is 0. The Bertz CT molecular complexity index is 610. The van der Waals surface area contributed by atoms with E-state index < -0.39 is 0 Å². The van der Waals surface area contributed by atoms with Crippen molar-refractivity contribution in [3.63, 3.8) is 0 Å². The van der Waals surface area contributed by atoms with E-state index in [1.807, 2.05) is 18.0 Å². The van der Waals surface area contributed by atoms with Gasteiger partial charge in [0.15, 0.2) is 0 Å². The molecule has 0 radical (unpaired) electrons.